The lowest BCUT2D eigenvalue weighted by atomic mass is 10.1. The van der Waals surface area contributed by atoms with E-state index in [2.05, 4.69) is 5.32 Å². The molecule has 0 aliphatic carbocycles. The van der Waals surface area contributed by atoms with E-state index in [0.29, 0.717) is 19.3 Å². The predicted molar refractivity (Wildman–Crippen MR) is 45.0 cm³/mol. The zero-order chi connectivity index (χ0) is 10.3. The van der Waals surface area contributed by atoms with Crippen LogP contribution in [0.3, 0.4) is 0 Å². The number of carboxylic acid groups (broad SMARTS) is 1. The fraction of sp³-hybridized carbons (Fsp3) is 0.875. The highest BCUT2D eigenvalue weighted by Gasteiger charge is 2.13. The number of aliphatic carboxylic acids is 1. The second kappa shape index (κ2) is 6.77. The van der Waals surface area contributed by atoms with Crippen molar-refractivity contribution >= 4 is 5.97 Å². The average molecular weight is 195 g/mol. The van der Waals surface area contributed by atoms with Crippen LogP contribution in [0.1, 0.15) is 25.7 Å². The zero-order valence-electron chi connectivity index (χ0n) is 7.59. The molecule has 0 aromatic heterocycles. The maximum Gasteiger partial charge on any atom is 0.320 e. The first-order valence-corrected chi connectivity index (χ1v) is 4.26. The Hall–Kier alpha value is -0.710. The van der Waals surface area contributed by atoms with Crippen LogP contribution in [0.4, 0.5) is 8.78 Å². The van der Waals surface area contributed by atoms with E-state index in [9.17, 15) is 13.6 Å². The number of carboxylic acids is 1. The summed E-state index contributed by atoms with van der Waals surface area (Å²) < 4.78 is 23.3. The van der Waals surface area contributed by atoms with Gasteiger partial charge in [0.05, 0.1) is 0 Å². The number of carbonyl (C=O) groups is 1. The van der Waals surface area contributed by atoms with E-state index >= 15 is 0 Å². The SMILES string of the molecule is CNC(CCCCC(F)F)C(=O)O. The first-order chi connectivity index (χ1) is 6.07. The Bertz CT molecular complexity index is 153. The smallest absolute Gasteiger partial charge is 0.320 e. The molecule has 0 aliphatic rings. The number of halogens is 2. The van der Waals surface area contributed by atoms with Crippen molar-refractivity contribution in [3.63, 3.8) is 0 Å². The molecule has 78 valence electrons. The third-order valence-corrected chi connectivity index (χ3v) is 1.81. The van der Waals surface area contributed by atoms with Gasteiger partial charge in [-0.2, -0.15) is 0 Å². The largest absolute Gasteiger partial charge is 0.480 e. The van der Waals surface area contributed by atoms with Crippen LogP contribution in [0, 0.1) is 0 Å². The Kier molecular flexibility index (Phi) is 6.40. The molecule has 0 fully saturated rings. The van der Waals surface area contributed by atoms with Crippen molar-refractivity contribution in [2.24, 2.45) is 0 Å². The lowest BCUT2D eigenvalue weighted by molar-refractivity contribution is -0.139. The van der Waals surface area contributed by atoms with E-state index in [0.717, 1.165) is 0 Å². The highest BCUT2D eigenvalue weighted by atomic mass is 19.3. The molecule has 0 aliphatic heterocycles. The van der Waals surface area contributed by atoms with Crippen molar-refractivity contribution in [2.45, 2.75) is 38.2 Å². The maximum atomic E-state index is 11.7. The summed E-state index contributed by atoms with van der Waals surface area (Å²) in [5.41, 5.74) is 0. The number of hydrogen-bond acceptors (Lipinski definition) is 2. The third-order valence-electron chi connectivity index (χ3n) is 1.81. The molecule has 0 rings (SSSR count). The third kappa shape index (κ3) is 6.45. The Labute approximate surface area is 76.1 Å². The molecular formula is C8H15F2NO2. The van der Waals surface area contributed by atoms with Gasteiger partial charge in [-0.25, -0.2) is 8.78 Å². The Morgan fingerprint density at radius 1 is 1.38 bits per heavy atom. The highest BCUT2D eigenvalue weighted by molar-refractivity contribution is 5.73. The molecule has 0 aromatic rings. The van der Waals surface area contributed by atoms with E-state index in [-0.39, 0.29) is 6.42 Å². The number of nitrogens with one attached hydrogen (secondary N) is 1. The minimum Gasteiger partial charge on any atom is -0.480 e. The van der Waals surface area contributed by atoms with E-state index in [1.165, 1.54) is 0 Å². The summed E-state index contributed by atoms with van der Waals surface area (Å²) in [5.74, 6) is -0.931. The lowest BCUT2D eigenvalue weighted by Crippen LogP contribution is -2.33. The topological polar surface area (TPSA) is 49.3 Å². The summed E-state index contributed by atoms with van der Waals surface area (Å²) in [7, 11) is 1.55. The normalized spacial score (nSPS) is 13.2. The second-order valence-corrected chi connectivity index (χ2v) is 2.86. The van der Waals surface area contributed by atoms with Gasteiger partial charge in [0.1, 0.15) is 6.04 Å². The molecule has 1 atom stereocenters. The zero-order valence-corrected chi connectivity index (χ0v) is 7.59. The van der Waals surface area contributed by atoms with Gasteiger partial charge in [0, 0.05) is 6.42 Å². The molecule has 0 bridgehead atoms. The van der Waals surface area contributed by atoms with Crippen LogP contribution < -0.4 is 5.32 Å². The van der Waals surface area contributed by atoms with Gasteiger partial charge in [-0.3, -0.25) is 4.79 Å². The van der Waals surface area contributed by atoms with Gasteiger partial charge in [0.25, 0.3) is 0 Å². The number of alkyl halides is 2. The Balaban J connectivity index is 3.44. The average Bonchev–Trinajstić information content (AvgIpc) is 2.03. The summed E-state index contributed by atoms with van der Waals surface area (Å²) in [5, 5.41) is 11.2. The van der Waals surface area contributed by atoms with Gasteiger partial charge in [0.15, 0.2) is 0 Å². The maximum absolute atomic E-state index is 11.7. The molecule has 0 heterocycles. The first kappa shape index (κ1) is 12.3. The van der Waals surface area contributed by atoms with E-state index in [1.807, 2.05) is 0 Å². The second-order valence-electron chi connectivity index (χ2n) is 2.86. The monoisotopic (exact) mass is 195 g/mol. The molecule has 0 saturated carbocycles. The van der Waals surface area contributed by atoms with Crippen molar-refractivity contribution in [3.8, 4) is 0 Å². The van der Waals surface area contributed by atoms with Gasteiger partial charge in [0.2, 0.25) is 6.43 Å². The summed E-state index contributed by atoms with van der Waals surface area (Å²) in [4.78, 5) is 10.4. The summed E-state index contributed by atoms with van der Waals surface area (Å²) in [6.45, 7) is 0. The van der Waals surface area contributed by atoms with Crippen molar-refractivity contribution in [1.29, 1.82) is 0 Å². The molecule has 5 heteroatoms. The van der Waals surface area contributed by atoms with Gasteiger partial charge in [-0.15, -0.1) is 0 Å². The summed E-state index contributed by atoms with van der Waals surface area (Å²) >= 11 is 0. The summed E-state index contributed by atoms with van der Waals surface area (Å²) in [6.07, 6.45) is -1.13. The van der Waals surface area contributed by atoms with Gasteiger partial charge < -0.3 is 10.4 Å². The van der Waals surface area contributed by atoms with E-state index in [1.54, 1.807) is 7.05 Å². The van der Waals surface area contributed by atoms with Crippen LogP contribution in [-0.4, -0.2) is 30.6 Å². The van der Waals surface area contributed by atoms with Crippen LogP contribution >= 0.6 is 0 Å². The van der Waals surface area contributed by atoms with Gasteiger partial charge in [-0.05, 0) is 19.9 Å². The van der Waals surface area contributed by atoms with Crippen molar-refractivity contribution in [3.05, 3.63) is 0 Å². The van der Waals surface area contributed by atoms with Crippen LogP contribution in [0.2, 0.25) is 0 Å². The first-order valence-electron chi connectivity index (χ1n) is 4.26. The lowest BCUT2D eigenvalue weighted by Gasteiger charge is -2.09. The van der Waals surface area contributed by atoms with E-state index < -0.39 is 18.4 Å². The fourth-order valence-corrected chi connectivity index (χ4v) is 1.04. The van der Waals surface area contributed by atoms with Crippen LogP contribution in [0.25, 0.3) is 0 Å². The molecule has 3 nitrogen and oxygen atoms in total. The number of unbranched alkanes of at least 4 members (excludes halogenated alkanes) is 1. The minimum atomic E-state index is -2.28. The molecule has 0 saturated heterocycles. The molecule has 0 spiro atoms. The molecule has 2 N–H and O–H groups in total. The molecule has 0 radical (unpaired) electrons. The van der Waals surface area contributed by atoms with E-state index in [4.69, 9.17) is 5.11 Å². The van der Waals surface area contributed by atoms with Crippen molar-refractivity contribution in [1.82, 2.24) is 5.32 Å². The van der Waals surface area contributed by atoms with Crippen LogP contribution in [0.5, 0.6) is 0 Å². The van der Waals surface area contributed by atoms with Crippen molar-refractivity contribution in [2.75, 3.05) is 7.05 Å². The molecule has 13 heavy (non-hydrogen) atoms. The number of hydrogen-bond donors (Lipinski definition) is 2. The molecule has 0 aromatic carbocycles. The Morgan fingerprint density at radius 2 is 1.92 bits per heavy atom. The van der Waals surface area contributed by atoms with Gasteiger partial charge in [-0.1, -0.05) is 6.42 Å². The highest BCUT2D eigenvalue weighted by Crippen LogP contribution is 2.09. The predicted octanol–water partition coefficient (Wildman–Crippen LogP) is 1.48. The quantitative estimate of drug-likeness (QED) is 0.605. The van der Waals surface area contributed by atoms with Crippen LogP contribution in [-0.2, 0) is 4.79 Å². The van der Waals surface area contributed by atoms with Crippen LogP contribution in [0.15, 0.2) is 0 Å². The van der Waals surface area contributed by atoms with Gasteiger partial charge >= 0.3 is 5.97 Å². The Morgan fingerprint density at radius 3 is 2.31 bits per heavy atom. The van der Waals surface area contributed by atoms with Crippen molar-refractivity contribution < 1.29 is 18.7 Å². The fourth-order valence-electron chi connectivity index (χ4n) is 1.04. The standard InChI is InChI=1S/C8H15F2NO2/c1-11-6(8(12)13)4-2-3-5-7(9)10/h6-7,11H,2-5H2,1H3,(H,12,13). The molecule has 0 amide bonds. The minimum absolute atomic E-state index is 0.143. The molecule has 1 unspecified atom stereocenters. The molecular weight excluding hydrogens is 180 g/mol. The number of likely N-dealkylation sites (N-methyl/N-ethyl adjacent to an activating group) is 1. The number of rotatable bonds is 7. The summed E-state index contributed by atoms with van der Waals surface area (Å²) in [6, 6.07) is -0.613.